The van der Waals surface area contributed by atoms with Gasteiger partial charge in [-0.15, -0.1) is 6.58 Å². The lowest BCUT2D eigenvalue weighted by Crippen LogP contribution is -2.19. The third-order valence-electron chi connectivity index (χ3n) is 0.854. The van der Waals surface area contributed by atoms with E-state index in [-0.39, 0.29) is 1.43 Å². The van der Waals surface area contributed by atoms with Gasteiger partial charge in [-0.1, -0.05) is 5.70 Å². The van der Waals surface area contributed by atoms with Gasteiger partial charge < -0.3 is 8.85 Å². The number of rotatable bonds is 5. The van der Waals surface area contributed by atoms with Gasteiger partial charge in [0.15, 0.2) is 0 Å². The van der Waals surface area contributed by atoms with Crippen LogP contribution in [0.3, 0.4) is 0 Å². The van der Waals surface area contributed by atoms with Crippen molar-refractivity contribution in [2.45, 2.75) is 13.8 Å². The molecule has 9 heavy (non-hydrogen) atoms. The van der Waals surface area contributed by atoms with Crippen LogP contribution in [0.5, 0.6) is 0 Å². The molecule has 0 fully saturated rings. The molecule has 0 rings (SSSR count). The summed E-state index contributed by atoms with van der Waals surface area (Å²) in [5.74, 6) is 0. The zero-order chi connectivity index (χ0) is 7.11. The molecule has 0 unspecified atom stereocenters. The minimum atomic E-state index is -1.45. The van der Waals surface area contributed by atoms with Gasteiger partial charge in [-0.3, -0.25) is 0 Å². The second-order valence-corrected chi connectivity index (χ2v) is 3.39. The van der Waals surface area contributed by atoms with Gasteiger partial charge in [0.1, 0.15) is 0 Å². The average Bonchev–Trinajstić information content (AvgIpc) is 1.88. The third kappa shape index (κ3) is 4.38. The molecule has 0 aliphatic rings. The Morgan fingerprint density at radius 2 is 1.89 bits per heavy atom. The fraction of sp³-hybridized carbons (Fsp3) is 0.667. The minimum absolute atomic E-state index is 0. The Hall–Kier alpha value is -0.123. The second-order valence-electron chi connectivity index (χ2n) is 1.51. The highest BCUT2D eigenvalue weighted by molar-refractivity contribution is 6.50. The Morgan fingerprint density at radius 1 is 1.44 bits per heavy atom. The highest BCUT2D eigenvalue weighted by Gasteiger charge is 2.03. The van der Waals surface area contributed by atoms with Crippen LogP contribution in [0.25, 0.3) is 0 Å². The quantitative estimate of drug-likeness (QED) is 0.542. The molecule has 0 bridgehead atoms. The van der Waals surface area contributed by atoms with Crippen LogP contribution in [0.15, 0.2) is 12.3 Å². The first kappa shape index (κ1) is 8.88. The summed E-state index contributed by atoms with van der Waals surface area (Å²) in [6.07, 6.45) is 0. The van der Waals surface area contributed by atoms with E-state index in [0.29, 0.717) is 0 Å². The van der Waals surface area contributed by atoms with E-state index < -0.39 is 9.28 Å². The fourth-order valence-corrected chi connectivity index (χ4v) is 1.54. The Morgan fingerprint density at radius 3 is 2.11 bits per heavy atom. The molecule has 0 atom stereocenters. The predicted molar refractivity (Wildman–Crippen MR) is 41.7 cm³/mol. The van der Waals surface area contributed by atoms with Crippen LogP contribution >= 0.6 is 0 Å². The number of hydrogen-bond acceptors (Lipinski definition) is 2. The SMILES string of the molecule is C=C[SiH](OCC)OCC.[H+]. The smallest absolute Gasteiger partial charge is 0.394 e. The Bertz CT molecular complexity index is 74.1. The van der Waals surface area contributed by atoms with E-state index in [4.69, 9.17) is 8.85 Å². The molecule has 3 heteroatoms. The van der Waals surface area contributed by atoms with Crippen molar-refractivity contribution in [2.24, 2.45) is 0 Å². The molecule has 0 aromatic rings. The van der Waals surface area contributed by atoms with Gasteiger partial charge >= 0.3 is 10.7 Å². The van der Waals surface area contributed by atoms with E-state index in [1.54, 1.807) is 5.70 Å². The van der Waals surface area contributed by atoms with Crippen LogP contribution < -0.4 is 0 Å². The van der Waals surface area contributed by atoms with Crippen LogP contribution in [0, 0.1) is 0 Å². The molecule has 0 aromatic heterocycles. The summed E-state index contributed by atoms with van der Waals surface area (Å²) in [4.78, 5) is 0. The summed E-state index contributed by atoms with van der Waals surface area (Å²) >= 11 is 0. The van der Waals surface area contributed by atoms with E-state index >= 15 is 0 Å². The molecule has 0 heterocycles. The molecular weight excluding hydrogens is 132 g/mol. The third-order valence-corrected chi connectivity index (χ3v) is 2.56. The lowest BCUT2D eigenvalue weighted by molar-refractivity contribution is 0.224. The molecule has 0 N–H and O–H groups in total. The van der Waals surface area contributed by atoms with Crippen LogP contribution in [-0.2, 0) is 8.85 Å². The van der Waals surface area contributed by atoms with Crippen molar-refractivity contribution in [1.82, 2.24) is 0 Å². The number of hydrogen-bond donors (Lipinski definition) is 0. The molecule has 0 saturated heterocycles. The van der Waals surface area contributed by atoms with Gasteiger partial charge in [-0.2, -0.15) is 0 Å². The maximum Gasteiger partial charge on any atom is 1.00 e. The summed E-state index contributed by atoms with van der Waals surface area (Å²) in [5.41, 5.74) is 1.78. The molecule has 0 aromatic carbocycles. The minimum Gasteiger partial charge on any atom is -0.394 e. The summed E-state index contributed by atoms with van der Waals surface area (Å²) in [7, 11) is -1.45. The topological polar surface area (TPSA) is 18.5 Å². The van der Waals surface area contributed by atoms with Crippen molar-refractivity contribution in [3.63, 3.8) is 0 Å². The van der Waals surface area contributed by atoms with E-state index in [2.05, 4.69) is 6.58 Å². The molecule has 54 valence electrons. The van der Waals surface area contributed by atoms with E-state index in [9.17, 15) is 0 Å². The Labute approximate surface area is 59.8 Å². The largest absolute Gasteiger partial charge is 1.00 e. The first-order chi connectivity index (χ1) is 4.35. The van der Waals surface area contributed by atoms with Gasteiger partial charge in [0.25, 0.3) is 0 Å². The van der Waals surface area contributed by atoms with Crippen molar-refractivity contribution < 1.29 is 10.3 Å². The highest BCUT2D eigenvalue weighted by Crippen LogP contribution is 1.88. The molecule has 0 radical (unpaired) electrons. The molecule has 0 spiro atoms. The van der Waals surface area contributed by atoms with E-state index in [0.717, 1.165) is 13.2 Å². The van der Waals surface area contributed by atoms with E-state index in [1.807, 2.05) is 13.8 Å². The van der Waals surface area contributed by atoms with Crippen molar-refractivity contribution in [3.05, 3.63) is 12.3 Å². The summed E-state index contributed by atoms with van der Waals surface area (Å²) in [6, 6.07) is 0. The molecule has 0 aliphatic carbocycles. The normalized spacial score (nSPS) is 10.1. The van der Waals surface area contributed by atoms with E-state index in [1.165, 1.54) is 0 Å². The maximum atomic E-state index is 5.23. The van der Waals surface area contributed by atoms with Gasteiger partial charge in [0.05, 0.1) is 0 Å². The molecule has 2 nitrogen and oxygen atoms in total. The standard InChI is InChI=1S/C6H14O2Si/c1-4-7-9(6-3)8-5-2/h6,9H,3-5H2,1-2H3/p+1. The van der Waals surface area contributed by atoms with Gasteiger partial charge in [0.2, 0.25) is 0 Å². The maximum absolute atomic E-state index is 5.23. The zero-order valence-corrected chi connectivity index (χ0v) is 7.25. The van der Waals surface area contributed by atoms with Crippen LogP contribution in [0.4, 0.5) is 0 Å². The molecule has 0 saturated carbocycles. The van der Waals surface area contributed by atoms with Crippen LogP contribution in [0.1, 0.15) is 15.3 Å². The average molecular weight is 147 g/mol. The van der Waals surface area contributed by atoms with Crippen LogP contribution in [0.2, 0.25) is 0 Å². The zero-order valence-electron chi connectivity index (χ0n) is 7.09. The summed E-state index contributed by atoms with van der Waals surface area (Å²) in [6.45, 7) is 8.98. The van der Waals surface area contributed by atoms with Gasteiger partial charge in [-0.25, -0.2) is 0 Å². The highest BCUT2D eigenvalue weighted by atomic mass is 28.3. The Kier molecular flexibility index (Phi) is 5.92. The lowest BCUT2D eigenvalue weighted by atomic mass is 10.9. The molecular formula is C6H15O2Si+. The van der Waals surface area contributed by atoms with Crippen molar-refractivity contribution in [2.75, 3.05) is 13.2 Å². The molecule has 0 aliphatic heterocycles. The predicted octanol–water partition coefficient (Wildman–Crippen LogP) is 1.12. The summed E-state index contributed by atoms with van der Waals surface area (Å²) in [5, 5.41) is 0. The van der Waals surface area contributed by atoms with Crippen molar-refractivity contribution >= 4 is 9.28 Å². The van der Waals surface area contributed by atoms with Gasteiger partial charge in [0, 0.05) is 13.2 Å². The molecule has 0 amide bonds. The second kappa shape index (κ2) is 6.00. The first-order valence-electron chi connectivity index (χ1n) is 3.20. The monoisotopic (exact) mass is 147 g/mol. The fourth-order valence-electron chi connectivity index (χ4n) is 0.513. The summed E-state index contributed by atoms with van der Waals surface area (Å²) < 4.78 is 10.5. The van der Waals surface area contributed by atoms with Crippen molar-refractivity contribution in [3.8, 4) is 0 Å². The van der Waals surface area contributed by atoms with Crippen LogP contribution in [-0.4, -0.2) is 22.5 Å². The first-order valence-corrected chi connectivity index (χ1v) is 4.81. The lowest BCUT2D eigenvalue weighted by Gasteiger charge is -2.08. The Balaban J connectivity index is 0. The van der Waals surface area contributed by atoms with Gasteiger partial charge in [-0.05, 0) is 13.8 Å². The van der Waals surface area contributed by atoms with Crippen molar-refractivity contribution in [1.29, 1.82) is 0 Å².